The molecule has 0 bridgehead atoms. The summed E-state index contributed by atoms with van der Waals surface area (Å²) >= 11 is 5.81. The Labute approximate surface area is 188 Å². The van der Waals surface area contributed by atoms with Gasteiger partial charge in [0.1, 0.15) is 5.82 Å². The first-order chi connectivity index (χ1) is 15.5. The van der Waals surface area contributed by atoms with E-state index < -0.39 is 11.8 Å². The van der Waals surface area contributed by atoms with Gasteiger partial charge in [0.05, 0.1) is 16.6 Å². The number of rotatable bonds is 5. The van der Waals surface area contributed by atoms with E-state index in [2.05, 4.69) is 20.6 Å². The van der Waals surface area contributed by atoms with E-state index in [0.29, 0.717) is 23.0 Å². The molecule has 2 amide bonds. The van der Waals surface area contributed by atoms with E-state index in [9.17, 15) is 14.4 Å². The number of halogens is 1. The van der Waals surface area contributed by atoms with Crippen LogP contribution in [0.15, 0.2) is 84.1 Å². The van der Waals surface area contributed by atoms with Crippen molar-refractivity contribution in [3.05, 3.63) is 100 Å². The zero-order valence-electron chi connectivity index (χ0n) is 16.7. The highest BCUT2D eigenvalue weighted by Crippen LogP contribution is 2.22. The van der Waals surface area contributed by atoms with Crippen LogP contribution in [0.1, 0.15) is 16.9 Å². The molecule has 160 valence electrons. The van der Waals surface area contributed by atoms with Crippen LogP contribution in [-0.2, 0) is 4.79 Å². The molecule has 1 unspecified atom stereocenters. The van der Waals surface area contributed by atoms with Gasteiger partial charge in [-0.25, -0.2) is 9.97 Å². The van der Waals surface area contributed by atoms with E-state index in [1.165, 1.54) is 23.0 Å². The number of aromatic nitrogens is 3. The molecule has 1 aliphatic carbocycles. The Bertz CT molecular complexity index is 1280. The van der Waals surface area contributed by atoms with E-state index >= 15 is 0 Å². The molecule has 0 fully saturated rings. The molecule has 3 heterocycles. The Kier molecular flexibility index (Phi) is 6.23. The summed E-state index contributed by atoms with van der Waals surface area (Å²) in [4.78, 5) is 45.6. The SMILES string of the molecule is O=C(Nc1ccc(Cl)cn1)c1ncccc1NC(=O)C1C=CC(n2ccccc2=O)=CC1. The van der Waals surface area contributed by atoms with Gasteiger partial charge in [0.25, 0.3) is 11.5 Å². The molecular weight excluding hydrogens is 430 g/mol. The minimum Gasteiger partial charge on any atom is -0.324 e. The third-order valence-corrected chi connectivity index (χ3v) is 4.99. The number of nitrogens with one attached hydrogen (secondary N) is 2. The summed E-state index contributed by atoms with van der Waals surface area (Å²) in [5.74, 6) is -0.942. The van der Waals surface area contributed by atoms with Crippen molar-refractivity contribution in [3.8, 4) is 0 Å². The smallest absolute Gasteiger partial charge is 0.277 e. The first kappa shape index (κ1) is 21.2. The predicted molar refractivity (Wildman–Crippen MR) is 122 cm³/mol. The standard InChI is InChI=1S/C23H18ClN5O3/c24-16-8-11-19(26-14-16)28-23(32)21-18(4-3-12-25-21)27-22(31)15-6-9-17(10-7-15)29-13-2-1-5-20(29)30/h1-6,8-15H,7H2,(H,27,31)(H,26,28,32). The monoisotopic (exact) mass is 447 g/mol. The highest BCUT2D eigenvalue weighted by molar-refractivity contribution is 6.30. The van der Waals surface area contributed by atoms with Crippen molar-refractivity contribution in [1.82, 2.24) is 14.5 Å². The van der Waals surface area contributed by atoms with Crippen LogP contribution >= 0.6 is 11.6 Å². The second-order valence-electron chi connectivity index (χ2n) is 6.94. The second kappa shape index (κ2) is 9.40. The van der Waals surface area contributed by atoms with Crippen LogP contribution in [-0.4, -0.2) is 26.3 Å². The molecule has 0 aromatic carbocycles. The first-order valence-electron chi connectivity index (χ1n) is 9.76. The largest absolute Gasteiger partial charge is 0.324 e. The third kappa shape index (κ3) is 4.81. The zero-order chi connectivity index (χ0) is 22.5. The van der Waals surface area contributed by atoms with Gasteiger partial charge in [-0.1, -0.05) is 29.8 Å². The van der Waals surface area contributed by atoms with Gasteiger partial charge in [-0.05, 0) is 42.8 Å². The van der Waals surface area contributed by atoms with Crippen molar-refractivity contribution < 1.29 is 9.59 Å². The van der Waals surface area contributed by atoms with Crippen LogP contribution in [0.5, 0.6) is 0 Å². The van der Waals surface area contributed by atoms with Gasteiger partial charge in [-0.15, -0.1) is 0 Å². The van der Waals surface area contributed by atoms with Crippen molar-refractivity contribution in [2.45, 2.75) is 6.42 Å². The molecule has 1 atom stereocenters. The van der Waals surface area contributed by atoms with Crippen molar-refractivity contribution in [2.75, 3.05) is 10.6 Å². The Morgan fingerprint density at radius 3 is 2.66 bits per heavy atom. The van der Waals surface area contributed by atoms with Gasteiger partial charge < -0.3 is 10.6 Å². The summed E-state index contributed by atoms with van der Waals surface area (Å²) in [6.07, 6.45) is 10.3. The second-order valence-corrected chi connectivity index (χ2v) is 7.38. The highest BCUT2D eigenvalue weighted by atomic mass is 35.5. The lowest BCUT2D eigenvalue weighted by molar-refractivity contribution is -0.118. The van der Waals surface area contributed by atoms with Crippen molar-refractivity contribution >= 4 is 40.6 Å². The summed E-state index contributed by atoms with van der Waals surface area (Å²) in [5, 5.41) is 5.85. The molecule has 8 nitrogen and oxygen atoms in total. The maximum atomic E-state index is 12.8. The summed E-state index contributed by atoms with van der Waals surface area (Å²) in [6, 6.07) is 11.3. The number of pyridine rings is 3. The lowest BCUT2D eigenvalue weighted by Gasteiger charge is -2.18. The fraction of sp³-hybridized carbons (Fsp3) is 0.0870. The average molecular weight is 448 g/mol. The van der Waals surface area contributed by atoms with Gasteiger partial charge >= 0.3 is 0 Å². The minimum absolute atomic E-state index is 0.0597. The maximum absolute atomic E-state index is 12.8. The molecule has 0 spiro atoms. The molecule has 0 radical (unpaired) electrons. The molecule has 4 rings (SSSR count). The van der Waals surface area contributed by atoms with E-state index in [1.807, 2.05) is 6.08 Å². The molecule has 1 aliphatic rings. The van der Waals surface area contributed by atoms with Crippen molar-refractivity contribution in [3.63, 3.8) is 0 Å². The van der Waals surface area contributed by atoms with E-state index in [-0.39, 0.29) is 22.8 Å². The maximum Gasteiger partial charge on any atom is 0.277 e. The fourth-order valence-corrected chi connectivity index (χ4v) is 3.27. The molecule has 0 saturated carbocycles. The molecule has 2 N–H and O–H groups in total. The van der Waals surface area contributed by atoms with E-state index in [1.54, 1.807) is 54.7 Å². The van der Waals surface area contributed by atoms with Gasteiger partial charge in [-0.3, -0.25) is 19.0 Å². The van der Waals surface area contributed by atoms with Crippen LogP contribution < -0.4 is 16.2 Å². The summed E-state index contributed by atoms with van der Waals surface area (Å²) in [5.41, 5.74) is 0.903. The normalized spacial score (nSPS) is 15.0. The van der Waals surface area contributed by atoms with Crippen LogP contribution in [0.25, 0.3) is 5.70 Å². The number of hydrogen-bond donors (Lipinski definition) is 2. The average Bonchev–Trinajstić information content (AvgIpc) is 2.81. The van der Waals surface area contributed by atoms with Crippen LogP contribution in [0.3, 0.4) is 0 Å². The molecule has 3 aromatic rings. The molecular formula is C23H18ClN5O3. The Morgan fingerprint density at radius 2 is 1.94 bits per heavy atom. The summed E-state index contributed by atoms with van der Waals surface area (Å²) in [7, 11) is 0. The summed E-state index contributed by atoms with van der Waals surface area (Å²) < 4.78 is 1.51. The number of carbonyl (C=O) groups excluding carboxylic acids is 2. The van der Waals surface area contributed by atoms with Gasteiger partial charge in [0, 0.05) is 30.4 Å². The fourth-order valence-electron chi connectivity index (χ4n) is 3.16. The van der Waals surface area contributed by atoms with Crippen molar-refractivity contribution in [1.29, 1.82) is 0 Å². The number of anilines is 2. The lowest BCUT2D eigenvalue weighted by atomic mass is 9.98. The molecule has 0 saturated heterocycles. The minimum atomic E-state index is -0.513. The van der Waals surface area contributed by atoms with E-state index in [0.717, 1.165) is 0 Å². The van der Waals surface area contributed by atoms with Crippen LogP contribution in [0.2, 0.25) is 5.02 Å². The Balaban J connectivity index is 1.45. The lowest BCUT2D eigenvalue weighted by Crippen LogP contribution is -2.25. The third-order valence-electron chi connectivity index (χ3n) is 4.77. The Morgan fingerprint density at radius 1 is 1.06 bits per heavy atom. The number of carbonyl (C=O) groups is 2. The number of allylic oxidation sites excluding steroid dienone is 3. The number of hydrogen-bond acceptors (Lipinski definition) is 5. The van der Waals surface area contributed by atoms with E-state index in [4.69, 9.17) is 11.6 Å². The highest BCUT2D eigenvalue weighted by Gasteiger charge is 2.21. The molecule has 32 heavy (non-hydrogen) atoms. The number of nitrogens with zero attached hydrogens (tertiary/aromatic N) is 3. The van der Waals surface area contributed by atoms with Gasteiger partial charge in [0.2, 0.25) is 5.91 Å². The van der Waals surface area contributed by atoms with Crippen LogP contribution in [0.4, 0.5) is 11.5 Å². The number of amides is 2. The predicted octanol–water partition coefficient (Wildman–Crippen LogP) is 3.60. The molecule has 3 aromatic heterocycles. The Hall–Kier alpha value is -4.04. The quantitative estimate of drug-likeness (QED) is 0.621. The van der Waals surface area contributed by atoms with Crippen LogP contribution in [0, 0.1) is 5.92 Å². The van der Waals surface area contributed by atoms with Crippen molar-refractivity contribution in [2.24, 2.45) is 5.92 Å². The summed E-state index contributed by atoms with van der Waals surface area (Å²) in [6.45, 7) is 0. The molecule has 9 heteroatoms. The zero-order valence-corrected chi connectivity index (χ0v) is 17.5. The molecule has 0 aliphatic heterocycles. The first-order valence-corrected chi connectivity index (χ1v) is 10.1. The van der Waals surface area contributed by atoms with Gasteiger partial charge in [0.15, 0.2) is 5.69 Å². The van der Waals surface area contributed by atoms with Gasteiger partial charge in [-0.2, -0.15) is 0 Å². The topological polar surface area (TPSA) is 106 Å².